The average Bonchev–Trinajstić information content (AvgIpc) is 2.05. The monoisotopic (exact) mass is 137 g/mol. The van der Waals surface area contributed by atoms with E-state index in [9.17, 15) is 4.91 Å². The molecule has 2 unspecified atom stereocenters. The average molecular weight is 137 g/mol. The topological polar surface area (TPSA) is 29.4 Å². The molecular weight excluding hydrogens is 126 g/mol. The molecule has 0 saturated heterocycles. The summed E-state index contributed by atoms with van der Waals surface area (Å²) in [5, 5.41) is 3.20. The van der Waals surface area contributed by atoms with Crippen molar-refractivity contribution in [1.82, 2.24) is 0 Å². The molecule has 2 aliphatic rings. The Morgan fingerprint density at radius 1 is 1.80 bits per heavy atom. The van der Waals surface area contributed by atoms with Gasteiger partial charge >= 0.3 is 0 Å². The van der Waals surface area contributed by atoms with E-state index in [-0.39, 0.29) is 5.54 Å². The fourth-order valence-electron chi connectivity index (χ4n) is 1.99. The summed E-state index contributed by atoms with van der Waals surface area (Å²) in [4.78, 5) is 10.4. The van der Waals surface area contributed by atoms with Crippen molar-refractivity contribution < 1.29 is 0 Å². The van der Waals surface area contributed by atoms with Crippen molar-refractivity contribution in [1.29, 1.82) is 0 Å². The fourth-order valence-corrected chi connectivity index (χ4v) is 1.99. The van der Waals surface area contributed by atoms with Gasteiger partial charge in [0.05, 0.1) is 0 Å². The van der Waals surface area contributed by atoms with Crippen molar-refractivity contribution in [3.8, 4) is 0 Å². The third kappa shape index (κ3) is 0.542. The first-order chi connectivity index (χ1) is 4.76. The number of hydrogen-bond donors (Lipinski definition) is 0. The predicted molar refractivity (Wildman–Crippen MR) is 39.6 cm³/mol. The van der Waals surface area contributed by atoms with Crippen LogP contribution in [0.15, 0.2) is 16.8 Å². The standard InChI is InChI=1S/C8H11NO/c1-8(9-10)5-4-6-2-3-7(6)8/h4,7H,2-3,5H2,1H3. The second kappa shape index (κ2) is 1.68. The SMILES string of the molecule is CC1(N=O)CC=C2CCC21. The molecule has 2 heteroatoms. The minimum atomic E-state index is -0.270. The zero-order valence-corrected chi connectivity index (χ0v) is 6.13. The van der Waals surface area contributed by atoms with E-state index in [0.717, 1.165) is 6.42 Å². The van der Waals surface area contributed by atoms with Gasteiger partial charge in [0.25, 0.3) is 0 Å². The highest BCUT2D eigenvalue weighted by atomic mass is 16.3. The molecule has 0 aliphatic heterocycles. The van der Waals surface area contributed by atoms with Gasteiger partial charge in [0.1, 0.15) is 5.54 Å². The molecule has 2 rings (SSSR count). The van der Waals surface area contributed by atoms with E-state index in [2.05, 4.69) is 11.3 Å². The maximum Gasteiger partial charge on any atom is 0.110 e. The highest BCUT2D eigenvalue weighted by Gasteiger charge is 2.46. The van der Waals surface area contributed by atoms with Crippen molar-refractivity contribution in [3.63, 3.8) is 0 Å². The Kier molecular flexibility index (Phi) is 1.02. The second-order valence-corrected chi connectivity index (χ2v) is 3.52. The summed E-state index contributed by atoms with van der Waals surface area (Å²) in [5.74, 6) is 0.505. The van der Waals surface area contributed by atoms with E-state index in [0.29, 0.717) is 5.92 Å². The van der Waals surface area contributed by atoms with Gasteiger partial charge in [-0.15, -0.1) is 0 Å². The third-order valence-corrected chi connectivity index (χ3v) is 2.91. The number of rotatable bonds is 1. The van der Waals surface area contributed by atoms with E-state index in [1.165, 1.54) is 18.4 Å². The molecule has 0 amide bonds. The lowest BCUT2D eigenvalue weighted by atomic mass is 9.73. The summed E-state index contributed by atoms with van der Waals surface area (Å²) in [6.07, 6.45) is 5.44. The van der Waals surface area contributed by atoms with Crippen LogP contribution in [0.4, 0.5) is 0 Å². The van der Waals surface area contributed by atoms with Crippen LogP contribution < -0.4 is 0 Å². The molecule has 2 aliphatic carbocycles. The van der Waals surface area contributed by atoms with Crippen LogP contribution in [0.1, 0.15) is 26.2 Å². The fraction of sp³-hybridized carbons (Fsp3) is 0.750. The number of nitrogens with zero attached hydrogens (tertiary/aromatic N) is 1. The Balaban J connectivity index is 2.24. The summed E-state index contributed by atoms with van der Waals surface area (Å²) in [5.41, 5.74) is 1.20. The number of hydrogen-bond acceptors (Lipinski definition) is 2. The van der Waals surface area contributed by atoms with Crippen LogP contribution in [0.5, 0.6) is 0 Å². The van der Waals surface area contributed by atoms with E-state index >= 15 is 0 Å². The summed E-state index contributed by atoms with van der Waals surface area (Å²) >= 11 is 0. The zero-order chi connectivity index (χ0) is 7.19. The molecule has 0 heterocycles. The van der Waals surface area contributed by atoms with E-state index in [1.54, 1.807) is 0 Å². The third-order valence-electron chi connectivity index (χ3n) is 2.91. The number of nitroso groups, excluding NO2 is 1. The molecule has 2 nitrogen and oxygen atoms in total. The van der Waals surface area contributed by atoms with Gasteiger partial charge in [-0.05, 0) is 26.2 Å². The van der Waals surface area contributed by atoms with Crippen LogP contribution in [0, 0.1) is 10.8 Å². The van der Waals surface area contributed by atoms with Crippen LogP contribution in [0.2, 0.25) is 0 Å². The Hall–Kier alpha value is -0.660. The molecule has 0 aromatic carbocycles. The molecule has 0 spiro atoms. The predicted octanol–water partition coefficient (Wildman–Crippen LogP) is 2.25. The molecular formula is C8H11NO. The van der Waals surface area contributed by atoms with Crippen LogP contribution in [-0.4, -0.2) is 5.54 Å². The van der Waals surface area contributed by atoms with E-state index in [1.807, 2.05) is 6.92 Å². The Morgan fingerprint density at radius 2 is 2.60 bits per heavy atom. The van der Waals surface area contributed by atoms with Gasteiger partial charge in [0.15, 0.2) is 0 Å². The van der Waals surface area contributed by atoms with Gasteiger partial charge in [-0.25, -0.2) is 0 Å². The van der Waals surface area contributed by atoms with Gasteiger partial charge in [0, 0.05) is 5.92 Å². The van der Waals surface area contributed by atoms with Gasteiger partial charge < -0.3 is 0 Å². The zero-order valence-electron chi connectivity index (χ0n) is 6.13. The van der Waals surface area contributed by atoms with Crippen LogP contribution in [0.25, 0.3) is 0 Å². The minimum Gasteiger partial charge on any atom is -0.150 e. The van der Waals surface area contributed by atoms with E-state index < -0.39 is 0 Å². The Labute approximate surface area is 60.3 Å². The van der Waals surface area contributed by atoms with Crippen molar-refractivity contribution in [2.75, 3.05) is 0 Å². The molecule has 0 radical (unpaired) electrons. The van der Waals surface area contributed by atoms with Crippen LogP contribution in [-0.2, 0) is 0 Å². The quantitative estimate of drug-likeness (QED) is 0.402. The molecule has 1 saturated carbocycles. The summed E-state index contributed by atoms with van der Waals surface area (Å²) in [7, 11) is 0. The smallest absolute Gasteiger partial charge is 0.110 e. The molecule has 1 fully saturated rings. The van der Waals surface area contributed by atoms with Crippen LogP contribution >= 0.6 is 0 Å². The van der Waals surface area contributed by atoms with Crippen molar-refractivity contribution >= 4 is 0 Å². The Morgan fingerprint density at radius 3 is 2.90 bits per heavy atom. The second-order valence-electron chi connectivity index (χ2n) is 3.52. The van der Waals surface area contributed by atoms with Gasteiger partial charge in [-0.1, -0.05) is 16.8 Å². The first kappa shape index (κ1) is 6.08. The van der Waals surface area contributed by atoms with E-state index in [4.69, 9.17) is 0 Å². The highest BCUT2D eigenvalue weighted by Crippen LogP contribution is 2.50. The van der Waals surface area contributed by atoms with Crippen LogP contribution in [0.3, 0.4) is 0 Å². The molecule has 0 aromatic heterocycles. The van der Waals surface area contributed by atoms with Crippen molar-refractivity contribution in [3.05, 3.63) is 16.6 Å². The molecule has 2 atom stereocenters. The first-order valence-electron chi connectivity index (χ1n) is 3.80. The lowest BCUT2D eigenvalue weighted by Crippen LogP contribution is -2.33. The van der Waals surface area contributed by atoms with Gasteiger partial charge in [0.2, 0.25) is 0 Å². The maximum atomic E-state index is 10.4. The lowest BCUT2D eigenvalue weighted by molar-refractivity contribution is 0.293. The number of fused-ring (bicyclic) bond motifs is 1. The Bertz CT molecular complexity index is 209. The van der Waals surface area contributed by atoms with Gasteiger partial charge in [-0.2, -0.15) is 4.91 Å². The first-order valence-corrected chi connectivity index (χ1v) is 3.80. The molecule has 54 valence electrons. The largest absolute Gasteiger partial charge is 0.150 e. The summed E-state index contributed by atoms with van der Waals surface area (Å²) < 4.78 is 0. The molecule has 0 bridgehead atoms. The van der Waals surface area contributed by atoms with Gasteiger partial charge in [-0.3, -0.25) is 0 Å². The highest BCUT2D eigenvalue weighted by molar-refractivity contribution is 5.28. The lowest BCUT2D eigenvalue weighted by Gasteiger charge is -2.33. The summed E-state index contributed by atoms with van der Waals surface area (Å²) in [6, 6.07) is 0. The minimum absolute atomic E-state index is 0.270. The normalized spacial score (nSPS) is 43.7. The maximum absolute atomic E-state index is 10.4. The van der Waals surface area contributed by atoms with Crippen molar-refractivity contribution in [2.45, 2.75) is 31.7 Å². The van der Waals surface area contributed by atoms with Crippen molar-refractivity contribution in [2.24, 2.45) is 11.1 Å². The molecule has 0 aromatic rings. The summed E-state index contributed by atoms with van der Waals surface area (Å²) in [6.45, 7) is 1.97. The molecule has 10 heavy (non-hydrogen) atoms. The molecule has 0 N–H and O–H groups in total.